The maximum Gasteiger partial charge on any atom is 0.136 e. The molecular formula is C17H32O. The summed E-state index contributed by atoms with van der Waals surface area (Å²) in [5.41, 5.74) is 1.15. The Bertz CT molecular complexity index is 240. The van der Waals surface area contributed by atoms with E-state index < -0.39 is 0 Å². The minimum absolute atomic E-state index is 0.138. The Labute approximate surface area is 114 Å². The Hall–Kier alpha value is -0.850. The van der Waals surface area contributed by atoms with Crippen LogP contribution in [0.15, 0.2) is 24.8 Å². The van der Waals surface area contributed by atoms with Crippen molar-refractivity contribution >= 4 is 5.78 Å². The zero-order valence-electron chi connectivity index (χ0n) is 13.1. The molecule has 0 aliphatic rings. The molecule has 0 saturated heterocycles. The molecule has 2 atom stereocenters. The van der Waals surface area contributed by atoms with E-state index in [0.717, 1.165) is 24.8 Å². The van der Waals surface area contributed by atoms with E-state index in [-0.39, 0.29) is 5.92 Å². The van der Waals surface area contributed by atoms with Gasteiger partial charge in [0.05, 0.1) is 0 Å². The number of hydrogen-bond donors (Lipinski definition) is 0. The van der Waals surface area contributed by atoms with Gasteiger partial charge in [0.25, 0.3) is 0 Å². The second-order valence-corrected chi connectivity index (χ2v) is 5.19. The van der Waals surface area contributed by atoms with Crippen LogP contribution in [0.2, 0.25) is 0 Å². The van der Waals surface area contributed by atoms with Crippen LogP contribution in [-0.4, -0.2) is 5.78 Å². The second-order valence-electron chi connectivity index (χ2n) is 5.19. The zero-order chi connectivity index (χ0) is 14.6. The minimum atomic E-state index is 0.138. The first kappa shape index (κ1) is 19.5. The molecule has 0 aromatic rings. The molecule has 2 unspecified atom stereocenters. The molecule has 18 heavy (non-hydrogen) atoms. The van der Waals surface area contributed by atoms with E-state index in [1.54, 1.807) is 0 Å². The maximum absolute atomic E-state index is 11.9. The van der Waals surface area contributed by atoms with Crippen molar-refractivity contribution in [2.75, 3.05) is 0 Å². The molecule has 106 valence electrons. The van der Waals surface area contributed by atoms with E-state index in [2.05, 4.69) is 33.9 Å². The van der Waals surface area contributed by atoms with Crippen LogP contribution in [-0.2, 0) is 4.79 Å². The van der Waals surface area contributed by atoms with Crippen LogP contribution in [0.3, 0.4) is 0 Å². The second kappa shape index (κ2) is 12.6. The first-order valence-corrected chi connectivity index (χ1v) is 7.22. The summed E-state index contributed by atoms with van der Waals surface area (Å²) in [7, 11) is 0. The van der Waals surface area contributed by atoms with E-state index in [0.29, 0.717) is 18.1 Å². The first-order chi connectivity index (χ1) is 8.44. The number of carbonyl (C=O) groups is 1. The summed E-state index contributed by atoms with van der Waals surface area (Å²) in [6.45, 7) is 18.1. The Morgan fingerprint density at radius 2 is 1.78 bits per heavy atom. The fourth-order valence-corrected chi connectivity index (χ4v) is 1.98. The van der Waals surface area contributed by atoms with Gasteiger partial charge in [-0.05, 0) is 32.1 Å². The number of rotatable bonds is 8. The van der Waals surface area contributed by atoms with E-state index in [4.69, 9.17) is 0 Å². The highest BCUT2D eigenvalue weighted by Crippen LogP contribution is 2.24. The molecule has 0 aromatic heterocycles. The van der Waals surface area contributed by atoms with E-state index in [1.807, 2.05) is 19.9 Å². The van der Waals surface area contributed by atoms with Gasteiger partial charge in [0.15, 0.2) is 0 Å². The van der Waals surface area contributed by atoms with Crippen LogP contribution < -0.4 is 0 Å². The van der Waals surface area contributed by atoms with Crippen molar-refractivity contribution in [1.82, 2.24) is 0 Å². The van der Waals surface area contributed by atoms with Gasteiger partial charge in [-0.1, -0.05) is 45.8 Å². The highest BCUT2D eigenvalue weighted by Gasteiger charge is 2.22. The molecule has 0 bridgehead atoms. The highest BCUT2D eigenvalue weighted by atomic mass is 16.1. The molecule has 0 radical (unpaired) electrons. The Morgan fingerprint density at radius 1 is 1.28 bits per heavy atom. The van der Waals surface area contributed by atoms with Gasteiger partial charge in [-0.25, -0.2) is 0 Å². The highest BCUT2D eigenvalue weighted by molar-refractivity contribution is 5.81. The lowest BCUT2D eigenvalue weighted by atomic mass is 9.82. The quantitative estimate of drug-likeness (QED) is 0.516. The molecule has 0 saturated carbocycles. The molecule has 0 N–H and O–H groups in total. The summed E-state index contributed by atoms with van der Waals surface area (Å²) in [6, 6.07) is 0. The Kier molecular flexibility index (Phi) is 13.6. The smallest absolute Gasteiger partial charge is 0.136 e. The number of allylic oxidation sites excluding steroid dienone is 2. The van der Waals surface area contributed by atoms with Gasteiger partial charge in [-0.3, -0.25) is 4.79 Å². The number of carbonyl (C=O) groups excluding carboxylic acids is 1. The van der Waals surface area contributed by atoms with Crippen LogP contribution in [0.5, 0.6) is 0 Å². The number of Topliss-reactive ketones (excluding diaryl/α,β-unsaturated/α-hetero) is 1. The largest absolute Gasteiger partial charge is 0.299 e. The standard InChI is InChI=1S/C14H24O.C3H8/c1-6-8-13(14(15)9-7-2)12(5)10-11(3)4;1-3-2/h6,12-13H,1,3,7-10H2,2,4-5H3;3H2,1-2H3. The van der Waals surface area contributed by atoms with Crippen molar-refractivity contribution in [3.8, 4) is 0 Å². The van der Waals surface area contributed by atoms with Gasteiger partial charge in [0.2, 0.25) is 0 Å². The maximum atomic E-state index is 11.9. The third-order valence-corrected chi connectivity index (χ3v) is 2.69. The van der Waals surface area contributed by atoms with Crippen molar-refractivity contribution < 1.29 is 4.79 Å². The van der Waals surface area contributed by atoms with Crippen LogP contribution in [0, 0.1) is 11.8 Å². The Morgan fingerprint density at radius 3 is 2.11 bits per heavy atom. The van der Waals surface area contributed by atoms with Gasteiger partial charge < -0.3 is 0 Å². The van der Waals surface area contributed by atoms with Crippen molar-refractivity contribution in [2.24, 2.45) is 11.8 Å². The third-order valence-electron chi connectivity index (χ3n) is 2.69. The van der Waals surface area contributed by atoms with Crippen LogP contribution in [0.1, 0.15) is 66.7 Å². The fourth-order valence-electron chi connectivity index (χ4n) is 1.98. The van der Waals surface area contributed by atoms with Crippen molar-refractivity contribution in [3.05, 3.63) is 24.8 Å². The molecule has 1 heteroatoms. The SMILES string of the molecule is C=CCC(C(=O)CCC)C(C)CC(=C)C.CCC. The van der Waals surface area contributed by atoms with Crippen molar-refractivity contribution in [3.63, 3.8) is 0 Å². The summed E-state index contributed by atoms with van der Waals surface area (Å²) in [4.78, 5) is 11.9. The predicted octanol–water partition coefficient (Wildman–Crippen LogP) is 5.57. The molecule has 1 nitrogen and oxygen atoms in total. The van der Waals surface area contributed by atoms with E-state index >= 15 is 0 Å². The normalized spacial score (nSPS) is 12.9. The summed E-state index contributed by atoms with van der Waals surface area (Å²) >= 11 is 0. The average Bonchev–Trinajstić information content (AvgIpc) is 2.26. The lowest BCUT2D eigenvalue weighted by Crippen LogP contribution is -2.21. The number of ketones is 1. The summed E-state index contributed by atoms with van der Waals surface area (Å²) in [5, 5.41) is 0. The first-order valence-electron chi connectivity index (χ1n) is 7.22. The molecule has 0 aromatic carbocycles. The third kappa shape index (κ3) is 10.3. The molecule has 0 fully saturated rings. The summed E-state index contributed by atoms with van der Waals surface area (Å²) in [5.74, 6) is 0.907. The molecule has 0 spiro atoms. The minimum Gasteiger partial charge on any atom is -0.299 e. The van der Waals surface area contributed by atoms with Crippen molar-refractivity contribution in [1.29, 1.82) is 0 Å². The van der Waals surface area contributed by atoms with Gasteiger partial charge >= 0.3 is 0 Å². The van der Waals surface area contributed by atoms with Gasteiger partial charge in [0, 0.05) is 12.3 Å². The zero-order valence-corrected chi connectivity index (χ0v) is 13.1. The molecule has 0 heterocycles. The van der Waals surface area contributed by atoms with Gasteiger partial charge in [0.1, 0.15) is 5.78 Å². The monoisotopic (exact) mass is 252 g/mol. The van der Waals surface area contributed by atoms with Crippen LogP contribution in [0.4, 0.5) is 0 Å². The van der Waals surface area contributed by atoms with E-state index in [9.17, 15) is 4.79 Å². The van der Waals surface area contributed by atoms with Gasteiger partial charge in [-0.15, -0.1) is 13.2 Å². The van der Waals surface area contributed by atoms with Crippen molar-refractivity contribution in [2.45, 2.75) is 66.7 Å². The topological polar surface area (TPSA) is 17.1 Å². The molecule has 0 rings (SSSR count). The lowest BCUT2D eigenvalue weighted by Gasteiger charge is -2.21. The fraction of sp³-hybridized carbons (Fsp3) is 0.706. The Balaban J connectivity index is 0. The molecule has 0 amide bonds. The van der Waals surface area contributed by atoms with Crippen LogP contribution in [0.25, 0.3) is 0 Å². The molecule has 0 aliphatic carbocycles. The molecule has 0 aliphatic heterocycles. The summed E-state index contributed by atoms with van der Waals surface area (Å²) in [6.07, 6.45) is 6.47. The number of hydrogen-bond acceptors (Lipinski definition) is 1. The molecular weight excluding hydrogens is 220 g/mol. The van der Waals surface area contributed by atoms with E-state index in [1.165, 1.54) is 6.42 Å². The lowest BCUT2D eigenvalue weighted by molar-refractivity contribution is -0.124. The summed E-state index contributed by atoms with van der Waals surface area (Å²) < 4.78 is 0. The van der Waals surface area contributed by atoms with Gasteiger partial charge in [-0.2, -0.15) is 0 Å². The predicted molar refractivity (Wildman–Crippen MR) is 82.8 cm³/mol. The van der Waals surface area contributed by atoms with Crippen LogP contribution >= 0.6 is 0 Å². The average molecular weight is 252 g/mol.